The maximum Gasteiger partial charge on any atom is 0.0574 e. The van der Waals surface area contributed by atoms with Crippen molar-refractivity contribution in [2.45, 2.75) is 19.4 Å². The fourth-order valence-corrected chi connectivity index (χ4v) is 2.72. The SMILES string of the molecule is C=C1NCCC2=C1NC1C=C(C)C=CC21. The number of rotatable bonds is 0. The van der Waals surface area contributed by atoms with Gasteiger partial charge >= 0.3 is 0 Å². The molecule has 0 spiro atoms. The maximum atomic E-state index is 4.06. The molecule has 0 fully saturated rings. The van der Waals surface area contributed by atoms with Gasteiger partial charge in [-0.2, -0.15) is 0 Å². The molecule has 0 radical (unpaired) electrons. The number of allylic oxidation sites excluding steroid dienone is 2. The molecule has 2 heteroatoms. The third kappa shape index (κ3) is 1.24. The van der Waals surface area contributed by atoms with Crippen LogP contribution in [0.25, 0.3) is 0 Å². The zero-order valence-electron chi connectivity index (χ0n) is 9.01. The molecule has 15 heavy (non-hydrogen) atoms. The summed E-state index contributed by atoms with van der Waals surface area (Å²) in [4.78, 5) is 0. The highest BCUT2D eigenvalue weighted by Crippen LogP contribution is 2.36. The van der Waals surface area contributed by atoms with E-state index in [1.54, 1.807) is 0 Å². The molecule has 1 aliphatic carbocycles. The van der Waals surface area contributed by atoms with Gasteiger partial charge in [-0.1, -0.05) is 30.4 Å². The lowest BCUT2D eigenvalue weighted by Crippen LogP contribution is -2.29. The van der Waals surface area contributed by atoms with Gasteiger partial charge in [0.15, 0.2) is 0 Å². The molecule has 2 nitrogen and oxygen atoms in total. The molecule has 3 aliphatic rings. The van der Waals surface area contributed by atoms with E-state index in [9.17, 15) is 0 Å². The maximum absolute atomic E-state index is 4.06. The Morgan fingerprint density at radius 2 is 2.33 bits per heavy atom. The van der Waals surface area contributed by atoms with E-state index in [4.69, 9.17) is 0 Å². The Morgan fingerprint density at radius 3 is 3.20 bits per heavy atom. The molecule has 0 aromatic carbocycles. The molecule has 2 N–H and O–H groups in total. The molecular formula is C13H16N2. The van der Waals surface area contributed by atoms with Crippen molar-refractivity contribution < 1.29 is 0 Å². The molecule has 0 aromatic rings. The molecule has 0 bridgehead atoms. The van der Waals surface area contributed by atoms with Gasteiger partial charge in [-0.25, -0.2) is 0 Å². The van der Waals surface area contributed by atoms with E-state index in [0.717, 1.165) is 18.7 Å². The first-order valence-corrected chi connectivity index (χ1v) is 5.55. The lowest BCUT2D eigenvalue weighted by atomic mass is 9.86. The zero-order valence-corrected chi connectivity index (χ0v) is 9.01. The topological polar surface area (TPSA) is 24.1 Å². The van der Waals surface area contributed by atoms with E-state index in [2.05, 4.69) is 42.4 Å². The second kappa shape index (κ2) is 3.02. The average Bonchev–Trinajstić information content (AvgIpc) is 2.57. The molecule has 3 rings (SSSR count). The van der Waals surface area contributed by atoms with Gasteiger partial charge in [0.2, 0.25) is 0 Å². The summed E-state index contributed by atoms with van der Waals surface area (Å²) in [6.45, 7) is 7.24. The fraction of sp³-hybridized carbons (Fsp3) is 0.385. The second-order valence-corrected chi connectivity index (χ2v) is 4.52. The van der Waals surface area contributed by atoms with Gasteiger partial charge in [0, 0.05) is 12.5 Å². The van der Waals surface area contributed by atoms with Crippen molar-refractivity contribution >= 4 is 0 Å². The molecule has 2 aliphatic heterocycles. The van der Waals surface area contributed by atoms with Gasteiger partial charge in [0.1, 0.15) is 0 Å². The standard InChI is InChI=1S/C13H16N2/c1-8-3-4-10-11-5-6-14-9(2)13(11)15-12(10)7-8/h3-4,7,10,12,14-15H,2,5-6H2,1H3. The van der Waals surface area contributed by atoms with E-state index in [-0.39, 0.29) is 0 Å². The summed E-state index contributed by atoms with van der Waals surface area (Å²) < 4.78 is 0. The van der Waals surface area contributed by atoms with Crippen LogP contribution in [0.4, 0.5) is 0 Å². The first kappa shape index (κ1) is 8.84. The molecule has 0 aromatic heterocycles. The number of nitrogens with one attached hydrogen (secondary N) is 2. The van der Waals surface area contributed by atoms with Crippen molar-refractivity contribution in [3.05, 3.63) is 47.3 Å². The Morgan fingerprint density at radius 1 is 1.47 bits per heavy atom. The van der Waals surface area contributed by atoms with Gasteiger partial charge < -0.3 is 10.6 Å². The predicted molar refractivity (Wildman–Crippen MR) is 62.1 cm³/mol. The largest absolute Gasteiger partial charge is 0.384 e. The van der Waals surface area contributed by atoms with Crippen LogP contribution in [0.15, 0.2) is 47.3 Å². The van der Waals surface area contributed by atoms with Crippen molar-refractivity contribution in [3.63, 3.8) is 0 Å². The van der Waals surface area contributed by atoms with E-state index < -0.39 is 0 Å². The number of fused-ring (bicyclic) bond motifs is 2. The van der Waals surface area contributed by atoms with Crippen molar-refractivity contribution in [2.75, 3.05) is 6.54 Å². The van der Waals surface area contributed by atoms with E-state index in [1.165, 1.54) is 16.8 Å². The Bertz CT molecular complexity index is 412. The summed E-state index contributed by atoms with van der Waals surface area (Å²) in [6.07, 6.45) is 8.01. The molecule has 2 heterocycles. The van der Waals surface area contributed by atoms with Gasteiger partial charge in [-0.05, 0) is 18.9 Å². The van der Waals surface area contributed by atoms with Gasteiger partial charge in [-0.3, -0.25) is 0 Å². The molecular weight excluding hydrogens is 184 g/mol. The predicted octanol–water partition coefficient (Wildman–Crippen LogP) is 1.85. The normalized spacial score (nSPS) is 32.9. The lowest BCUT2D eigenvalue weighted by molar-refractivity contribution is 0.614. The highest BCUT2D eigenvalue weighted by molar-refractivity contribution is 5.46. The van der Waals surface area contributed by atoms with Crippen molar-refractivity contribution in [1.82, 2.24) is 10.6 Å². The number of hydrogen-bond acceptors (Lipinski definition) is 2. The third-order valence-corrected chi connectivity index (χ3v) is 3.46. The highest BCUT2D eigenvalue weighted by Gasteiger charge is 2.34. The molecule has 0 saturated heterocycles. The van der Waals surface area contributed by atoms with Gasteiger partial charge in [0.05, 0.1) is 17.4 Å². The summed E-state index contributed by atoms with van der Waals surface area (Å²) >= 11 is 0. The molecule has 78 valence electrons. The van der Waals surface area contributed by atoms with E-state index in [1.807, 2.05) is 0 Å². The monoisotopic (exact) mass is 200 g/mol. The van der Waals surface area contributed by atoms with Crippen LogP contribution in [0.2, 0.25) is 0 Å². The lowest BCUT2D eigenvalue weighted by Gasteiger charge is -2.21. The quantitative estimate of drug-likeness (QED) is 0.623. The second-order valence-electron chi connectivity index (χ2n) is 4.52. The van der Waals surface area contributed by atoms with Gasteiger partial charge in [-0.15, -0.1) is 0 Å². The smallest absolute Gasteiger partial charge is 0.0574 e. The highest BCUT2D eigenvalue weighted by atomic mass is 15.0. The average molecular weight is 200 g/mol. The molecule has 2 atom stereocenters. The summed E-state index contributed by atoms with van der Waals surface area (Å²) in [6, 6.07) is 0.455. The van der Waals surface area contributed by atoms with Gasteiger partial charge in [0.25, 0.3) is 0 Å². The van der Waals surface area contributed by atoms with Crippen molar-refractivity contribution in [2.24, 2.45) is 5.92 Å². The molecule has 0 saturated carbocycles. The first-order chi connectivity index (χ1) is 7.25. The molecule has 2 unspecified atom stereocenters. The van der Waals surface area contributed by atoms with Crippen LogP contribution in [-0.2, 0) is 0 Å². The van der Waals surface area contributed by atoms with Crippen LogP contribution in [0, 0.1) is 5.92 Å². The third-order valence-electron chi connectivity index (χ3n) is 3.46. The summed E-state index contributed by atoms with van der Waals surface area (Å²) in [5.41, 5.74) is 5.20. The fourth-order valence-electron chi connectivity index (χ4n) is 2.72. The summed E-state index contributed by atoms with van der Waals surface area (Å²) in [7, 11) is 0. The van der Waals surface area contributed by atoms with Crippen LogP contribution in [0.1, 0.15) is 13.3 Å². The summed E-state index contributed by atoms with van der Waals surface area (Å²) in [5.74, 6) is 0.558. The Balaban J connectivity index is 1.99. The minimum Gasteiger partial charge on any atom is -0.384 e. The van der Waals surface area contributed by atoms with Crippen molar-refractivity contribution in [1.29, 1.82) is 0 Å². The Labute approximate surface area is 90.4 Å². The minimum absolute atomic E-state index is 0.455. The van der Waals surface area contributed by atoms with Crippen LogP contribution in [-0.4, -0.2) is 12.6 Å². The van der Waals surface area contributed by atoms with E-state index in [0.29, 0.717) is 12.0 Å². The Kier molecular flexibility index (Phi) is 1.78. The van der Waals surface area contributed by atoms with Crippen LogP contribution in [0.5, 0.6) is 0 Å². The molecule has 0 amide bonds. The first-order valence-electron chi connectivity index (χ1n) is 5.55. The zero-order chi connectivity index (χ0) is 10.4. The van der Waals surface area contributed by atoms with Crippen LogP contribution < -0.4 is 10.6 Å². The number of hydrogen-bond donors (Lipinski definition) is 2. The summed E-state index contributed by atoms with van der Waals surface area (Å²) in [5, 5.41) is 6.88. The van der Waals surface area contributed by atoms with Crippen LogP contribution >= 0.6 is 0 Å². The Hall–Kier alpha value is -1.44. The van der Waals surface area contributed by atoms with Crippen LogP contribution in [0.3, 0.4) is 0 Å². The van der Waals surface area contributed by atoms with E-state index >= 15 is 0 Å². The van der Waals surface area contributed by atoms with Crippen molar-refractivity contribution in [3.8, 4) is 0 Å². The minimum atomic E-state index is 0.455.